The summed E-state index contributed by atoms with van der Waals surface area (Å²) in [4.78, 5) is 34.3. The number of nitrogens with zero attached hydrogens (tertiary/aromatic N) is 2. The minimum Gasteiger partial charge on any atom is -0.444 e. The van der Waals surface area contributed by atoms with Crippen molar-refractivity contribution in [2.45, 2.75) is 63.4 Å². The molecular weight excluding hydrogens is 561 g/mol. The number of pyridine rings is 1. The molecule has 2 N–H and O–H groups in total. The Balaban J connectivity index is 2.45. The molecule has 0 bridgehead atoms. The van der Waals surface area contributed by atoms with Crippen LogP contribution in [0.1, 0.15) is 47.2 Å². The van der Waals surface area contributed by atoms with Crippen molar-refractivity contribution in [3.05, 3.63) is 48.3 Å². The Hall–Kier alpha value is -1.76. The Labute approximate surface area is 243 Å². The van der Waals surface area contributed by atoms with Crippen LogP contribution in [-0.2, 0) is 15.2 Å². The van der Waals surface area contributed by atoms with Crippen LogP contribution in [0.3, 0.4) is 0 Å². The first-order valence-electron chi connectivity index (χ1n) is 12.0. The number of thioether (sulfide) groups is 2. The van der Waals surface area contributed by atoms with Gasteiger partial charge in [-0.05, 0) is 53.7 Å². The molecule has 0 atom stereocenters. The SMILES string of the molecule is C=CN=C(CSCCNC(=O)OC(C)(C)C)C(=C)SSc1cccnc1CSCCNC(=O)OC(C)(C)C. The van der Waals surface area contributed by atoms with E-state index in [0.29, 0.717) is 24.6 Å². The van der Waals surface area contributed by atoms with Crippen LogP contribution in [0, 0.1) is 0 Å². The van der Waals surface area contributed by atoms with Crippen LogP contribution in [-0.4, -0.2) is 64.4 Å². The van der Waals surface area contributed by atoms with Gasteiger partial charge in [0.05, 0.1) is 11.4 Å². The van der Waals surface area contributed by atoms with Gasteiger partial charge in [-0.15, -0.1) is 0 Å². The monoisotopic (exact) mass is 600 g/mol. The van der Waals surface area contributed by atoms with Gasteiger partial charge in [-0.25, -0.2) is 9.59 Å². The first-order chi connectivity index (χ1) is 17.8. The molecule has 2 amide bonds. The van der Waals surface area contributed by atoms with Crippen LogP contribution >= 0.6 is 45.1 Å². The third-order valence-corrected chi connectivity index (χ3v) is 8.36. The molecule has 1 aromatic rings. The molecule has 0 aliphatic rings. The number of aromatic nitrogens is 1. The quantitative estimate of drug-likeness (QED) is 0.126. The number of hydrogen-bond acceptors (Lipinski definition) is 10. The Bertz CT molecular complexity index is 959. The van der Waals surface area contributed by atoms with Crippen LogP contribution < -0.4 is 10.6 Å². The molecule has 0 aromatic carbocycles. The fourth-order valence-electron chi connectivity index (χ4n) is 2.47. The summed E-state index contributed by atoms with van der Waals surface area (Å²) in [6.07, 6.45) is 2.48. The normalized spacial score (nSPS) is 12.0. The molecule has 12 heteroatoms. The molecule has 0 saturated carbocycles. The minimum atomic E-state index is -0.514. The number of rotatable bonds is 15. The summed E-state index contributed by atoms with van der Waals surface area (Å²) in [5.41, 5.74) is 0.796. The zero-order chi connectivity index (χ0) is 28.6. The zero-order valence-electron chi connectivity index (χ0n) is 23.1. The Morgan fingerprint density at radius 1 is 1.03 bits per heavy atom. The number of allylic oxidation sites excluding steroid dienone is 1. The van der Waals surface area contributed by atoms with Gasteiger partial charge in [0, 0.05) is 58.3 Å². The van der Waals surface area contributed by atoms with E-state index in [9.17, 15) is 9.59 Å². The van der Waals surface area contributed by atoms with Crippen molar-refractivity contribution in [1.29, 1.82) is 0 Å². The number of amides is 2. The second-order valence-corrected chi connectivity index (χ2v) is 14.2. The lowest BCUT2D eigenvalue weighted by atomic mass is 10.2. The fraction of sp³-hybridized carbons (Fsp3) is 0.538. The van der Waals surface area contributed by atoms with E-state index < -0.39 is 23.4 Å². The van der Waals surface area contributed by atoms with Gasteiger partial charge in [0.25, 0.3) is 0 Å². The summed E-state index contributed by atoms with van der Waals surface area (Å²) < 4.78 is 10.5. The molecule has 1 rings (SSSR count). The average Bonchev–Trinajstić information content (AvgIpc) is 2.79. The van der Waals surface area contributed by atoms with Crippen molar-refractivity contribution in [2.24, 2.45) is 4.99 Å². The topological polar surface area (TPSA) is 102 Å². The first kappa shape index (κ1) is 34.3. The molecule has 1 aromatic heterocycles. The fourth-order valence-corrected chi connectivity index (χ4v) is 6.38. The summed E-state index contributed by atoms with van der Waals surface area (Å²) >= 11 is 3.34. The van der Waals surface area contributed by atoms with Crippen molar-refractivity contribution in [3.63, 3.8) is 0 Å². The second kappa shape index (κ2) is 17.8. The lowest BCUT2D eigenvalue weighted by molar-refractivity contribution is 0.0519. The van der Waals surface area contributed by atoms with Gasteiger partial charge in [-0.3, -0.25) is 9.98 Å². The third kappa shape index (κ3) is 17.0. The third-order valence-electron chi connectivity index (χ3n) is 3.96. The number of aliphatic imine (C=N–C) groups is 1. The number of carbonyl (C=O) groups excluding carboxylic acids is 2. The largest absolute Gasteiger partial charge is 0.444 e. The highest BCUT2D eigenvalue weighted by Gasteiger charge is 2.16. The van der Waals surface area contributed by atoms with Crippen LogP contribution in [0.4, 0.5) is 9.59 Å². The highest BCUT2D eigenvalue weighted by Crippen LogP contribution is 2.39. The Kier molecular flexibility index (Phi) is 16.0. The van der Waals surface area contributed by atoms with E-state index in [1.165, 1.54) is 17.0 Å². The molecule has 0 aliphatic carbocycles. The van der Waals surface area contributed by atoms with Gasteiger partial charge < -0.3 is 20.1 Å². The summed E-state index contributed by atoms with van der Waals surface area (Å²) in [5.74, 6) is 2.83. The predicted octanol–water partition coefficient (Wildman–Crippen LogP) is 6.94. The van der Waals surface area contributed by atoms with Crippen LogP contribution in [0.15, 0.2) is 52.5 Å². The summed E-state index contributed by atoms with van der Waals surface area (Å²) in [6.45, 7) is 20.0. The van der Waals surface area contributed by atoms with Crippen LogP contribution in [0.5, 0.6) is 0 Å². The number of ether oxygens (including phenoxy) is 2. The van der Waals surface area contributed by atoms with Crippen molar-refractivity contribution >= 4 is 63.0 Å². The minimum absolute atomic E-state index is 0.406. The van der Waals surface area contributed by atoms with Crippen molar-refractivity contribution in [3.8, 4) is 0 Å². The van der Waals surface area contributed by atoms with E-state index in [1.807, 2.05) is 53.7 Å². The van der Waals surface area contributed by atoms with Crippen molar-refractivity contribution in [2.75, 3.05) is 30.3 Å². The van der Waals surface area contributed by atoms with Crippen molar-refractivity contribution in [1.82, 2.24) is 15.6 Å². The number of carbonyl (C=O) groups is 2. The molecule has 0 radical (unpaired) electrons. The zero-order valence-corrected chi connectivity index (χ0v) is 26.4. The highest BCUT2D eigenvalue weighted by atomic mass is 33.1. The Morgan fingerprint density at radius 3 is 2.16 bits per heavy atom. The molecule has 0 unspecified atom stereocenters. The van der Waals surface area contributed by atoms with Crippen LogP contribution in [0.25, 0.3) is 0 Å². The number of alkyl carbamates (subject to hydrolysis) is 2. The average molecular weight is 601 g/mol. The highest BCUT2D eigenvalue weighted by molar-refractivity contribution is 8.78. The maximum Gasteiger partial charge on any atom is 0.407 e. The molecule has 0 spiro atoms. The first-order valence-corrected chi connectivity index (χ1v) is 16.5. The maximum atomic E-state index is 11.8. The molecule has 1 heterocycles. The van der Waals surface area contributed by atoms with Gasteiger partial charge in [-0.1, -0.05) is 34.7 Å². The van der Waals surface area contributed by atoms with Crippen LogP contribution in [0.2, 0.25) is 0 Å². The van der Waals surface area contributed by atoms with Gasteiger partial charge in [0.15, 0.2) is 0 Å². The molecule has 38 heavy (non-hydrogen) atoms. The number of hydrogen-bond donors (Lipinski definition) is 2. The lowest BCUT2D eigenvalue weighted by Gasteiger charge is -2.19. The molecule has 0 aliphatic heterocycles. The van der Waals surface area contributed by atoms with E-state index in [1.54, 1.807) is 40.5 Å². The van der Waals surface area contributed by atoms with Gasteiger partial charge >= 0.3 is 12.2 Å². The smallest absolute Gasteiger partial charge is 0.407 e. The van der Waals surface area contributed by atoms with E-state index >= 15 is 0 Å². The summed E-state index contributed by atoms with van der Waals surface area (Å²) in [7, 11) is 3.13. The molecule has 8 nitrogen and oxygen atoms in total. The van der Waals surface area contributed by atoms with E-state index in [2.05, 4.69) is 33.8 Å². The van der Waals surface area contributed by atoms with E-state index in [-0.39, 0.29) is 0 Å². The molecule has 0 saturated heterocycles. The van der Waals surface area contributed by atoms with Crippen molar-refractivity contribution < 1.29 is 19.1 Å². The molecule has 212 valence electrons. The van der Waals surface area contributed by atoms with Gasteiger partial charge in [0.1, 0.15) is 11.2 Å². The number of nitrogens with one attached hydrogen (secondary N) is 2. The van der Waals surface area contributed by atoms with E-state index in [0.717, 1.165) is 32.7 Å². The summed E-state index contributed by atoms with van der Waals surface area (Å²) in [5, 5.41) is 5.53. The molecule has 0 fully saturated rings. The standard InChI is InChI=1S/C26H40N4O4S4/c1-9-27-20(17-35-15-13-29-23(31)33-25(3,4)5)19(2)37-38-22-11-10-12-28-21(22)18-36-16-14-30-24(32)34-26(6,7)8/h9-12H,1-2,13-18H2,3-8H3,(H,29,31)(H,30,32). The van der Waals surface area contributed by atoms with E-state index in [4.69, 9.17) is 9.47 Å². The maximum absolute atomic E-state index is 11.8. The predicted molar refractivity (Wildman–Crippen MR) is 166 cm³/mol. The van der Waals surface area contributed by atoms with Gasteiger partial charge in [-0.2, -0.15) is 23.5 Å². The summed E-state index contributed by atoms with van der Waals surface area (Å²) in [6, 6.07) is 3.95. The second-order valence-electron chi connectivity index (χ2n) is 9.76. The lowest BCUT2D eigenvalue weighted by Crippen LogP contribution is -2.33. The molecular formula is C26H40N4O4S4. The van der Waals surface area contributed by atoms with Gasteiger partial charge in [0.2, 0.25) is 0 Å². The Morgan fingerprint density at radius 2 is 1.61 bits per heavy atom.